The molecule has 0 aliphatic heterocycles. The molecular formula is C22H22O. The highest BCUT2D eigenvalue weighted by Crippen LogP contribution is 2.53. The molecule has 0 heterocycles. The lowest BCUT2D eigenvalue weighted by atomic mass is 9.68. The predicted octanol–water partition coefficient (Wildman–Crippen LogP) is 5.41. The average Bonchev–Trinajstić information content (AvgIpc) is 2.91. The standard InChI is InChI=1S/C22H22O/c1-16(18-10-6-4-7-11-18)17(2)22(3)20(14-15-21(22)23)19-12-8-5-9-13-19/h4-13,20H,1-2,14-15H2,3H3/t20-,22+/m1/s1. The maximum atomic E-state index is 12.8. The van der Waals surface area contributed by atoms with Gasteiger partial charge in [0.1, 0.15) is 5.78 Å². The van der Waals surface area contributed by atoms with Crippen LogP contribution in [0.5, 0.6) is 0 Å². The molecule has 1 fully saturated rings. The summed E-state index contributed by atoms with van der Waals surface area (Å²) < 4.78 is 0. The lowest BCUT2D eigenvalue weighted by Gasteiger charge is -2.33. The minimum atomic E-state index is -0.575. The molecule has 0 spiro atoms. The Morgan fingerprint density at radius 2 is 1.57 bits per heavy atom. The first-order valence-corrected chi connectivity index (χ1v) is 8.07. The van der Waals surface area contributed by atoms with Crippen molar-refractivity contribution in [1.29, 1.82) is 0 Å². The Morgan fingerprint density at radius 3 is 2.17 bits per heavy atom. The van der Waals surface area contributed by atoms with Gasteiger partial charge in [0.05, 0.1) is 5.41 Å². The van der Waals surface area contributed by atoms with Gasteiger partial charge in [-0.15, -0.1) is 0 Å². The summed E-state index contributed by atoms with van der Waals surface area (Å²) in [6, 6.07) is 20.3. The van der Waals surface area contributed by atoms with Gasteiger partial charge in [-0.25, -0.2) is 0 Å². The number of allylic oxidation sites excluding steroid dienone is 2. The summed E-state index contributed by atoms with van der Waals surface area (Å²) in [7, 11) is 0. The van der Waals surface area contributed by atoms with E-state index >= 15 is 0 Å². The van der Waals surface area contributed by atoms with Gasteiger partial charge in [0.25, 0.3) is 0 Å². The van der Waals surface area contributed by atoms with Crippen LogP contribution in [0, 0.1) is 5.41 Å². The third kappa shape index (κ3) is 2.57. The van der Waals surface area contributed by atoms with Gasteiger partial charge in [-0.3, -0.25) is 4.79 Å². The quantitative estimate of drug-likeness (QED) is 0.690. The molecule has 2 aromatic carbocycles. The zero-order valence-electron chi connectivity index (χ0n) is 13.6. The van der Waals surface area contributed by atoms with E-state index in [0.717, 1.165) is 23.1 Å². The molecule has 116 valence electrons. The molecule has 0 unspecified atom stereocenters. The van der Waals surface area contributed by atoms with Crippen LogP contribution in [0.1, 0.15) is 36.8 Å². The van der Waals surface area contributed by atoms with E-state index in [1.807, 2.05) is 55.5 Å². The summed E-state index contributed by atoms with van der Waals surface area (Å²) in [5.41, 5.74) is 3.38. The van der Waals surface area contributed by atoms with Gasteiger partial charge in [-0.05, 0) is 35.6 Å². The van der Waals surface area contributed by atoms with E-state index in [1.165, 1.54) is 5.56 Å². The van der Waals surface area contributed by atoms with Crippen LogP contribution in [0.3, 0.4) is 0 Å². The van der Waals surface area contributed by atoms with Crippen molar-refractivity contribution < 1.29 is 4.79 Å². The van der Waals surface area contributed by atoms with Gasteiger partial charge in [0.15, 0.2) is 0 Å². The summed E-state index contributed by atoms with van der Waals surface area (Å²) in [6.45, 7) is 10.6. The van der Waals surface area contributed by atoms with Crippen molar-refractivity contribution in [3.63, 3.8) is 0 Å². The molecule has 23 heavy (non-hydrogen) atoms. The van der Waals surface area contributed by atoms with Crippen LogP contribution in [-0.4, -0.2) is 5.78 Å². The molecule has 1 aliphatic carbocycles. The van der Waals surface area contributed by atoms with Crippen LogP contribution in [0.2, 0.25) is 0 Å². The maximum absolute atomic E-state index is 12.8. The van der Waals surface area contributed by atoms with Crippen molar-refractivity contribution in [1.82, 2.24) is 0 Å². The normalized spacial score (nSPS) is 23.7. The van der Waals surface area contributed by atoms with Gasteiger partial charge >= 0.3 is 0 Å². The number of rotatable bonds is 4. The lowest BCUT2D eigenvalue weighted by molar-refractivity contribution is -0.123. The molecule has 2 aromatic rings. The highest BCUT2D eigenvalue weighted by Gasteiger charge is 2.48. The Morgan fingerprint density at radius 1 is 1.00 bits per heavy atom. The number of hydrogen-bond donors (Lipinski definition) is 0. The molecule has 0 N–H and O–H groups in total. The minimum Gasteiger partial charge on any atom is -0.299 e. The number of hydrogen-bond acceptors (Lipinski definition) is 1. The van der Waals surface area contributed by atoms with Crippen LogP contribution in [-0.2, 0) is 4.79 Å². The van der Waals surface area contributed by atoms with E-state index in [9.17, 15) is 4.79 Å². The van der Waals surface area contributed by atoms with Gasteiger partial charge in [-0.2, -0.15) is 0 Å². The first kappa shape index (κ1) is 15.5. The molecule has 1 heteroatoms. The summed E-state index contributed by atoms with van der Waals surface area (Å²) in [5, 5.41) is 0. The van der Waals surface area contributed by atoms with Crippen molar-refractivity contribution >= 4 is 11.4 Å². The Kier molecular flexibility index (Phi) is 4.04. The highest BCUT2D eigenvalue weighted by molar-refractivity contribution is 5.96. The first-order chi connectivity index (χ1) is 11.0. The second-order valence-corrected chi connectivity index (χ2v) is 6.45. The Labute approximate surface area is 138 Å². The smallest absolute Gasteiger partial charge is 0.143 e. The number of carbonyl (C=O) groups is 1. The highest BCUT2D eigenvalue weighted by atomic mass is 16.1. The predicted molar refractivity (Wildman–Crippen MR) is 96.1 cm³/mol. The molecule has 2 atom stereocenters. The van der Waals surface area contributed by atoms with Gasteiger partial charge in [-0.1, -0.05) is 73.8 Å². The van der Waals surface area contributed by atoms with Crippen molar-refractivity contribution in [2.45, 2.75) is 25.7 Å². The topological polar surface area (TPSA) is 17.1 Å². The van der Waals surface area contributed by atoms with E-state index in [-0.39, 0.29) is 11.7 Å². The fraction of sp³-hybridized carbons (Fsp3) is 0.227. The Hall–Kier alpha value is -2.41. The molecule has 1 nitrogen and oxygen atoms in total. The van der Waals surface area contributed by atoms with Crippen LogP contribution in [0.25, 0.3) is 5.57 Å². The van der Waals surface area contributed by atoms with E-state index in [0.29, 0.717) is 6.42 Å². The molecule has 0 saturated heterocycles. The van der Waals surface area contributed by atoms with Crippen molar-refractivity contribution in [2.75, 3.05) is 0 Å². The number of benzene rings is 2. The molecule has 0 aromatic heterocycles. The zero-order chi connectivity index (χ0) is 16.4. The molecule has 3 rings (SSSR count). The zero-order valence-corrected chi connectivity index (χ0v) is 13.6. The molecule has 1 saturated carbocycles. The fourth-order valence-electron chi connectivity index (χ4n) is 3.71. The summed E-state index contributed by atoms with van der Waals surface area (Å²) >= 11 is 0. The second kappa shape index (κ2) is 6.00. The van der Waals surface area contributed by atoms with Crippen molar-refractivity contribution in [3.8, 4) is 0 Å². The molecule has 0 bridgehead atoms. The Balaban J connectivity index is 1.99. The fourth-order valence-corrected chi connectivity index (χ4v) is 3.71. The van der Waals surface area contributed by atoms with E-state index in [1.54, 1.807) is 0 Å². The monoisotopic (exact) mass is 302 g/mol. The van der Waals surface area contributed by atoms with E-state index in [4.69, 9.17) is 0 Å². The molecule has 1 aliphatic rings. The average molecular weight is 302 g/mol. The first-order valence-electron chi connectivity index (χ1n) is 8.07. The SMILES string of the molecule is C=C(C(=C)[C@]1(C)C(=O)CC[C@@H]1c1ccccc1)c1ccccc1. The summed E-state index contributed by atoms with van der Waals surface area (Å²) in [6.07, 6.45) is 1.48. The largest absolute Gasteiger partial charge is 0.299 e. The summed E-state index contributed by atoms with van der Waals surface area (Å²) in [4.78, 5) is 12.8. The van der Waals surface area contributed by atoms with Crippen molar-refractivity contribution in [3.05, 3.63) is 90.5 Å². The van der Waals surface area contributed by atoms with Crippen LogP contribution < -0.4 is 0 Å². The molecular weight excluding hydrogens is 280 g/mol. The maximum Gasteiger partial charge on any atom is 0.143 e. The Bertz CT molecular complexity index is 742. The van der Waals surface area contributed by atoms with Gasteiger partial charge in [0, 0.05) is 12.3 Å². The number of ketones is 1. The third-order valence-corrected chi connectivity index (χ3v) is 5.25. The minimum absolute atomic E-state index is 0.171. The van der Waals surface area contributed by atoms with Crippen molar-refractivity contribution in [2.24, 2.45) is 5.41 Å². The molecule has 0 radical (unpaired) electrons. The second-order valence-electron chi connectivity index (χ2n) is 6.45. The van der Waals surface area contributed by atoms with Gasteiger partial charge in [0.2, 0.25) is 0 Å². The summed E-state index contributed by atoms with van der Waals surface area (Å²) in [5.74, 6) is 0.442. The number of carbonyl (C=O) groups excluding carboxylic acids is 1. The number of Topliss-reactive ketones (excluding diaryl/α,β-unsaturated/α-hetero) is 1. The van der Waals surface area contributed by atoms with Crippen LogP contribution in [0.4, 0.5) is 0 Å². The van der Waals surface area contributed by atoms with E-state index < -0.39 is 5.41 Å². The van der Waals surface area contributed by atoms with E-state index in [2.05, 4.69) is 25.3 Å². The van der Waals surface area contributed by atoms with Crippen LogP contribution in [0.15, 0.2) is 79.4 Å². The lowest BCUT2D eigenvalue weighted by Crippen LogP contribution is -2.30. The van der Waals surface area contributed by atoms with Crippen LogP contribution >= 0.6 is 0 Å². The third-order valence-electron chi connectivity index (χ3n) is 5.25. The molecule has 0 amide bonds. The van der Waals surface area contributed by atoms with Gasteiger partial charge < -0.3 is 0 Å².